The van der Waals surface area contributed by atoms with Crippen molar-refractivity contribution in [3.8, 4) is 5.75 Å². The molecule has 0 spiro atoms. The van der Waals surface area contributed by atoms with Gasteiger partial charge in [0.25, 0.3) is 0 Å². The molecule has 3 aromatic rings. The van der Waals surface area contributed by atoms with E-state index in [-0.39, 0.29) is 5.91 Å². The van der Waals surface area contributed by atoms with Crippen LogP contribution in [0.5, 0.6) is 5.75 Å². The van der Waals surface area contributed by atoms with Crippen molar-refractivity contribution >= 4 is 22.6 Å². The average Bonchev–Trinajstić information content (AvgIpc) is 2.99. The lowest BCUT2D eigenvalue weighted by Gasteiger charge is -2.09. The van der Waals surface area contributed by atoms with Crippen molar-refractivity contribution in [2.24, 2.45) is 0 Å². The van der Waals surface area contributed by atoms with Gasteiger partial charge in [-0.1, -0.05) is 12.1 Å². The number of ether oxygens (including phenoxy) is 1. The van der Waals surface area contributed by atoms with Gasteiger partial charge in [0.1, 0.15) is 5.75 Å². The number of rotatable bonds is 5. The molecule has 0 bridgehead atoms. The van der Waals surface area contributed by atoms with Gasteiger partial charge in [-0.25, -0.2) is 4.98 Å². The number of nitrogens with zero attached hydrogens (tertiary/aromatic N) is 2. The molecule has 0 saturated heterocycles. The van der Waals surface area contributed by atoms with Crippen molar-refractivity contribution in [3.05, 3.63) is 54.4 Å². The molecule has 124 valence electrons. The molecule has 5 nitrogen and oxygen atoms in total. The molecule has 0 aliphatic heterocycles. The van der Waals surface area contributed by atoms with Gasteiger partial charge in [-0.05, 0) is 49.7 Å². The molecule has 1 aromatic heterocycles. The highest BCUT2D eigenvalue weighted by molar-refractivity contribution is 5.94. The standard InChI is InChI=1S/C19H21N3O2/c1-13(2)22-12-20-17-11-15(6-9-18(17)22)21-19(23)10-14-4-7-16(24-3)8-5-14/h4-9,11-13H,10H2,1-3H3,(H,21,23). The molecule has 0 fully saturated rings. The first-order valence-electron chi connectivity index (χ1n) is 7.96. The van der Waals surface area contributed by atoms with E-state index >= 15 is 0 Å². The molecule has 5 heteroatoms. The van der Waals surface area contributed by atoms with Gasteiger partial charge in [0.15, 0.2) is 0 Å². The number of aromatic nitrogens is 2. The summed E-state index contributed by atoms with van der Waals surface area (Å²) in [5, 5.41) is 2.93. The Labute approximate surface area is 141 Å². The van der Waals surface area contributed by atoms with E-state index < -0.39 is 0 Å². The summed E-state index contributed by atoms with van der Waals surface area (Å²) >= 11 is 0. The molecule has 1 N–H and O–H groups in total. The number of hydrogen-bond acceptors (Lipinski definition) is 3. The molecule has 0 atom stereocenters. The van der Waals surface area contributed by atoms with E-state index in [0.717, 1.165) is 28.0 Å². The predicted octanol–water partition coefficient (Wildman–Crippen LogP) is 3.81. The van der Waals surface area contributed by atoms with Crippen LogP contribution in [0.2, 0.25) is 0 Å². The van der Waals surface area contributed by atoms with E-state index in [1.807, 2.05) is 48.8 Å². The van der Waals surface area contributed by atoms with Gasteiger partial charge < -0.3 is 14.6 Å². The van der Waals surface area contributed by atoms with E-state index in [0.29, 0.717) is 12.5 Å². The van der Waals surface area contributed by atoms with Crippen LogP contribution in [0.15, 0.2) is 48.8 Å². The quantitative estimate of drug-likeness (QED) is 0.777. The number of fused-ring (bicyclic) bond motifs is 1. The van der Waals surface area contributed by atoms with Gasteiger partial charge in [-0.3, -0.25) is 4.79 Å². The Morgan fingerprint density at radius 2 is 1.96 bits per heavy atom. The van der Waals surface area contributed by atoms with E-state index in [4.69, 9.17) is 4.74 Å². The molecule has 0 aliphatic rings. The monoisotopic (exact) mass is 323 g/mol. The third-order valence-corrected chi connectivity index (χ3v) is 3.94. The lowest BCUT2D eigenvalue weighted by Crippen LogP contribution is -2.14. The summed E-state index contributed by atoms with van der Waals surface area (Å²) in [5.74, 6) is 0.730. The number of anilines is 1. The molecule has 24 heavy (non-hydrogen) atoms. The molecule has 2 aromatic carbocycles. The summed E-state index contributed by atoms with van der Waals surface area (Å²) in [4.78, 5) is 16.6. The molecule has 0 unspecified atom stereocenters. The fourth-order valence-electron chi connectivity index (χ4n) is 2.66. The van der Waals surface area contributed by atoms with Crippen LogP contribution >= 0.6 is 0 Å². The molecule has 0 saturated carbocycles. The second-order valence-electron chi connectivity index (χ2n) is 6.02. The third-order valence-electron chi connectivity index (χ3n) is 3.94. The Balaban J connectivity index is 1.70. The van der Waals surface area contributed by atoms with Gasteiger partial charge >= 0.3 is 0 Å². The summed E-state index contributed by atoms with van der Waals surface area (Å²) in [7, 11) is 1.62. The van der Waals surface area contributed by atoms with Crippen LogP contribution < -0.4 is 10.1 Å². The van der Waals surface area contributed by atoms with Crippen LogP contribution in [0.1, 0.15) is 25.5 Å². The Bertz CT molecular complexity index is 851. The summed E-state index contributed by atoms with van der Waals surface area (Å²) in [6.45, 7) is 4.23. The minimum atomic E-state index is -0.0530. The lowest BCUT2D eigenvalue weighted by atomic mass is 10.1. The zero-order valence-corrected chi connectivity index (χ0v) is 14.1. The highest BCUT2D eigenvalue weighted by atomic mass is 16.5. The van der Waals surface area contributed by atoms with Crippen LogP contribution in [0.25, 0.3) is 11.0 Å². The molecule has 1 amide bonds. The first-order chi connectivity index (χ1) is 11.6. The SMILES string of the molecule is COc1ccc(CC(=O)Nc2ccc3c(c2)ncn3C(C)C)cc1. The van der Waals surface area contributed by atoms with Crippen LogP contribution in [-0.2, 0) is 11.2 Å². The summed E-state index contributed by atoms with van der Waals surface area (Å²) in [6, 6.07) is 13.7. The van der Waals surface area contributed by atoms with Crippen molar-refractivity contribution < 1.29 is 9.53 Å². The first kappa shape index (κ1) is 16.1. The van der Waals surface area contributed by atoms with E-state index in [2.05, 4.69) is 28.7 Å². The molecule has 3 rings (SSSR count). The summed E-state index contributed by atoms with van der Waals surface area (Å²) in [6.07, 6.45) is 2.15. The Hall–Kier alpha value is -2.82. The minimum absolute atomic E-state index is 0.0530. The predicted molar refractivity (Wildman–Crippen MR) is 95.4 cm³/mol. The number of nitrogens with one attached hydrogen (secondary N) is 1. The van der Waals surface area contributed by atoms with Crippen molar-refractivity contribution in [1.29, 1.82) is 0 Å². The Morgan fingerprint density at radius 1 is 1.21 bits per heavy atom. The number of carbonyl (C=O) groups is 1. The van der Waals surface area contributed by atoms with Gasteiger partial charge in [-0.15, -0.1) is 0 Å². The fourth-order valence-corrected chi connectivity index (χ4v) is 2.66. The van der Waals surface area contributed by atoms with Crippen molar-refractivity contribution in [2.45, 2.75) is 26.3 Å². The van der Waals surface area contributed by atoms with E-state index in [1.54, 1.807) is 7.11 Å². The van der Waals surface area contributed by atoms with Gasteiger partial charge in [0.2, 0.25) is 5.91 Å². The number of benzene rings is 2. The highest BCUT2D eigenvalue weighted by Crippen LogP contribution is 2.21. The van der Waals surface area contributed by atoms with Crippen molar-refractivity contribution in [3.63, 3.8) is 0 Å². The van der Waals surface area contributed by atoms with Gasteiger partial charge in [-0.2, -0.15) is 0 Å². The first-order valence-corrected chi connectivity index (χ1v) is 7.96. The number of imidazole rings is 1. The van der Waals surface area contributed by atoms with Crippen molar-refractivity contribution in [1.82, 2.24) is 9.55 Å². The Morgan fingerprint density at radius 3 is 2.62 bits per heavy atom. The lowest BCUT2D eigenvalue weighted by molar-refractivity contribution is -0.115. The van der Waals surface area contributed by atoms with Crippen LogP contribution in [0.3, 0.4) is 0 Å². The van der Waals surface area contributed by atoms with Crippen LogP contribution in [0, 0.1) is 0 Å². The van der Waals surface area contributed by atoms with Crippen molar-refractivity contribution in [2.75, 3.05) is 12.4 Å². The third kappa shape index (κ3) is 3.40. The molecular formula is C19H21N3O2. The Kier molecular flexibility index (Phi) is 4.51. The van der Waals surface area contributed by atoms with Gasteiger partial charge in [0.05, 0.1) is 30.9 Å². The molecule has 1 heterocycles. The summed E-state index contributed by atoms with van der Waals surface area (Å²) < 4.78 is 7.23. The molecular weight excluding hydrogens is 302 g/mol. The number of hydrogen-bond donors (Lipinski definition) is 1. The highest BCUT2D eigenvalue weighted by Gasteiger charge is 2.08. The molecule has 0 radical (unpaired) electrons. The number of methoxy groups -OCH3 is 1. The maximum Gasteiger partial charge on any atom is 0.228 e. The average molecular weight is 323 g/mol. The maximum atomic E-state index is 12.2. The normalized spacial score (nSPS) is 11.0. The number of amides is 1. The second kappa shape index (κ2) is 6.74. The largest absolute Gasteiger partial charge is 0.497 e. The second-order valence-corrected chi connectivity index (χ2v) is 6.02. The number of carbonyl (C=O) groups excluding carboxylic acids is 1. The van der Waals surface area contributed by atoms with Crippen LogP contribution in [0.4, 0.5) is 5.69 Å². The zero-order chi connectivity index (χ0) is 17.1. The summed E-state index contributed by atoms with van der Waals surface area (Å²) in [5.41, 5.74) is 3.65. The fraction of sp³-hybridized carbons (Fsp3) is 0.263. The van der Waals surface area contributed by atoms with E-state index in [9.17, 15) is 4.79 Å². The molecule has 0 aliphatic carbocycles. The van der Waals surface area contributed by atoms with Gasteiger partial charge in [0, 0.05) is 11.7 Å². The van der Waals surface area contributed by atoms with E-state index in [1.165, 1.54) is 0 Å². The smallest absolute Gasteiger partial charge is 0.228 e. The van der Waals surface area contributed by atoms with Crippen LogP contribution in [-0.4, -0.2) is 22.6 Å². The zero-order valence-electron chi connectivity index (χ0n) is 14.1. The maximum absolute atomic E-state index is 12.2. The minimum Gasteiger partial charge on any atom is -0.497 e. The topological polar surface area (TPSA) is 56.1 Å².